The smallest absolute Gasteiger partial charge is 0.357 e. The van der Waals surface area contributed by atoms with Crippen LogP contribution in [0.15, 0.2) is 22.7 Å². The Morgan fingerprint density at radius 3 is 2.50 bits per heavy atom. The molecule has 0 aliphatic carbocycles. The number of carbonyl (C=O) groups is 1. The van der Waals surface area contributed by atoms with Crippen molar-refractivity contribution in [2.45, 2.75) is 6.92 Å². The van der Waals surface area contributed by atoms with Crippen molar-refractivity contribution in [1.29, 1.82) is 0 Å². The van der Waals surface area contributed by atoms with E-state index in [-0.39, 0.29) is 15.9 Å². The van der Waals surface area contributed by atoms with Crippen molar-refractivity contribution in [3.8, 4) is 0 Å². The van der Waals surface area contributed by atoms with Crippen molar-refractivity contribution >= 4 is 39.0 Å². The van der Waals surface area contributed by atoms with E-state index in [0.717, 1.165) is 0 Å². The molecule has 0 fully saturated rings. The van der Waals surface area contributed by atoms with Gasteiger partial charge < -0.3 is 15.4 Å². The lowest BCUT2D eigenvalue weighted by molar-refractivity contribution is -0.390. The van der Waals surface area contributed by atoms with E-state index in [4.69, 9.17) is 0 Å². The molecule has 0 aliphatic heterocycles. The van der Waals surface area contributed by atoms with Crippen molar-refractivity contribution in [2.75, 3.05) is 5.32 Å². The number of H-pyrrole nitrogens is 1. The molecule has 0 bridgehead atoms. The summed E-state index contributed by atoms with van der Waals surface area (Å²) in [5, 5.41) is 29.5. The molecule has 0 unspecified atom stereocenters. The second-order valence-corrected chi connectivity index (χ2v) is 5.00. The number of non-ortho nitro benzene ring substituents is 1. The summed E-state index contributed by atoms with van der Waals surface area (Å²) in [5.41, 5.74) is 0.522. The number of nitro groups is 2. The SMILES string of the molecule is Cc1cc([N+](=O)[O-])ccc1NC(=O)c1n[nH]c([N+](=O)[O-])c1Br. The number of nitro benzene ring substituents is 1. The first-order valence-corrected chi connectivity index (χ1v) is 6.55. The molecule has 2 N–H and O–H groups in total. The second-order valence-electron chi connectivity index (χ2n) is 4.20. The van der Waals surface area contributed by atoms with Gasteiger partial charge in [0.1, 0.15) is 4.47 Å². The summed E-state index contributed by atoms with van der Waals surface area (Å²) in [5.74, 6) is -1.13. The van der Waals surface area contributed by atoms with Crippen LogP contribution < -0.4 is 5.32 Å². The Kier molecular flexibility index (Phi) is 4.17. The fourth-order valence-corrected chi connectivity index (χ4v) is 2.18. The monoisotopic (exact) mass is 369 g/mol. The number of anilines is 1. The third-order valence-corrected chi connectivity index (χ3v) is 3.51. The van der Waals surface area contributed by atoms with Crippen molar-refractivity contribution in [2.24, 2.45) is 0 Å². The highest BCUT2D eigenvalue weighted by Gasteiger charge is 2.25. The summed E-state index contributed by atoms with van der Waals surface area (Å²) >= 11 is 2.93. The Morgan fingerprint density at radius 1 is 1.32 bits per heavy atom. The van der Waals surface area contributed by atoms with Crippen molar-refractivity contribution < 1.29 is 14.6 Å². The van der Waals surface area contributed by atoms with Gasteiger partial charge in [0, 0.05) is 17.8 Å². The number of halogens is 1. The lowest BCUT2D eigenvalue weighted by Crippen LogP contribution is -2.14. The molecule has 0 aliphatic rings. The standard InChI is InChI=1S/C11H8BrN5O5/c1-5-4-6(16(19)20)2-3-7(5)13-11(18)9-8(12)10(15-14-9)17(21)22/h2-4H,1H3,(H,13,18)(H,14,15). The molecule has 2 rings (SSSR count). The average Bonchev–Trinajstić information content (AvgIpc) is 2.82. The minimum Gasteiger partial charge on any atom is -0.358 e. The Labute approximate surface area is 131 Å². The molecule has 0 spiro atoms. The van der Waals surface area contributed by atoms with Crippen LogP contribution in [0.1, 0.15) is 16.1 Å². The van der Waals surface area contributed by atoms with Gasteiger partial charge >= 0.3 is 5.82 Å². The van der Waals surface area contributed by atoms with E-state index in [2.05, 4.69) is 31.4 Å². The van der Waals surface area contributed by atoms with Crippen LogP contribution in [0.4, 0.5) is 17.2 Å². The van der Waals surface area contributed by atoms with Gasteiger partial charge in [-0.3, -0.25) is 14.9 Å². The summed E-state index contributed by atoms with van der Waals surface area (Å²) in [4.78, 5) is 32.1. The molecule has 22 heavy (non-hydrogen) atoms. The summed E-state index contributed by atoms with van der Waals surface area (Å²) in [6.07, 6.45) is 0. The molecule has 1 aromatic carbocycles. The minimum atomic E-state index is -0.717. The molecule has 11 heteroatoms. The maximum Gasteiger partial charge on any atom is 0.357 e. The van der Waals surface area contributed by atoms with Crippen LogP contribution in [0.3, 0.4) is 0 Å². The topological polar surface area (TPSA) is 144 Å². The first-order chi connectivity index (χ1) is 10.3. The highest BCUT2D eigenvalue weighted by molar-refractivity contribution is 9.10. The quantitative estimate of drug-likeness (QED) is 0.625. The number of nitrogens with zero attached hydrogens (tertiary/aromatic N) is 3. The maximum atomic E-state index is 12.1. The molecule has 114 valence electrons. The number of aryl methyl sites for hydroxylation is 1. The molecule has 10 nitrogen and oxygen atoms in total. The van der Waals surface area contributed by atoms with Crippen molar-refractivity contribution in [3.05, 3.63) is 54.2 Å². The molecule has 0 atom stereocenters. The van der Waals surface area contributed by atoms with Crippen LogP contribution in [-0.4, -0.2) is 26.0 Å². The zero-order chi connectivity index (χ0) is 16.4. The average molecular weight is 370 g/mol. The van der Waals surface area contributed by atoms with Gasteiger partial charge in [0.25, 0.3) is 11.6 Å². The highest BCUT2D eigenvalue weighted by Crippen LogP contribution is 2.27. The van der Waals surface area contributed by atoms with Gasteiger partial charge in [0.2, 0.25) is 0 Å². The molecule has 2 aromatic rings. The Morgan fingerprint density at radius 2 is 2.00 bits per heavy atom. The Balaban J connectivity index is 2.26. The summed E-state index contributed by atoms with van der Waals surface area (Å²) < 4.78 is -0.0745. The van der Waals surface area contributed by atoms with Gasteiger partial charge in [-0.05, 0) is 39.4 Å². The molecular weight excluding hydrogens is 362 g/mol. The van der Waals surface area contributed by atoms with Crippen LogP contribution in [0.2, 0.25) is 0 Å². The molecule has 0 saturated heterocycles. The van der Waals surface area contributed by atoms with Gasteiger partial charge in [-0.1, -0.05) is 5.10 Å². The van der Waals surface area contributed by atoms with E-state index in [1.165, 1.54) is 18.2 Å². The Bertz CT molecular complexity index is 787. The highest BCUT2D eigenvalue weighted by atomic mass is 79.9. The number of hydrogen-bond donors (Lipinski definition) is 2. The molecule has 0 radical (unpaired) electrons. The van der Waals surface area contributed by atoms with Gasteiger partial charge in [-0.2, -0.15) is 0 Å². The summed E-state index contributed by atoms with van der Waals surface area (Å²) in [7, 11) is 0. The number of hydrogen-bond acceptors (Lipinski definition) is 6. The lowest BCUT2D eigenvalue weighted by Gasteiger charge is -2.06. The Hall–Kier alpha value is -2.82. The molecule has 1 amide bonds. The normalized spacial score (nSPS) is 10.3. The van der Waals surface area contributed by atoms with Gasteiger partial charge in [0.05, 0.1) is 4.92 Å². The van der Waals surface area contributed by atoms with Gasteiger partial charge in [0.15, 0.2) is 5.69 Å². The molecule has 1 aromatic heterocycles. The maximum absolute atomic E-state index is 12.1. The van der Waals surface area contributed by atoms with Crippen molar-refractivity contribution in [3.63, 3.8) is 0 Å². The fourth-order valence-electron chi connectivity index (χ4n) is 1.67. The lowest BCUT2D eigenvalue weighted by atomic mass is 10.1. The third kappa shape index (κ3) is 2.93. The molecular formula is C11H8BrN5O5. The second kappa shape index (κ2) is 5.89. The van der Waals surface area contributed by atoms with Crippen LogP contribution >= 0.6 is 15.9 Å². The predicted octanol–water partition coefficient (Wildman–Crippen LogP) is 2.55. The predicted molar refractivity (Wildman–Crippen MR) is 78.7 cm³/mol. The third-order valence-electron chi connectivity index (χ3n) is 2.76. The van der Waals surface area contributed by atoms with E-state index in [0.29, 0.717) is 11.3 Å². The number of aromatic nitrogens is 2. The van der Waals surface area contributed by atoms with Gasteiger partial charge in [-0.15, -0.1) is 5.10 Å². The van der Waals surface area contributed by atoms with Crippen LogP contribution in [-0.2, 0) is 0 Å². The van der Waals surface area contributed by atoms with Crippen molar-refractivity contribution in [1.82, 2.24) is 10.2 Å². The first kappa shape index (κ1) is 15.6. The van der Waals surface area contributed by atoms with Gasteiger partial charge in [-0.25, -0.2) is 0 Å². The van der Waals surface area contributed by atoms with Crippen LogP contribution in [0, 0.1) is 27.2 Å². The van der Waals surface area contributed by atoms with Crippen LogP contribution in [0.25, 0.3) is 0 Å². The molecule has 0 saturated carbocycles. The number of benzene rings is 1. The minimum absolute atomic E-state index is 0.0745. The number of rotatable bonds is 4. The number of amides is 1. The number of nitrogens with one attached hydrogen (secondary N) is 2. The summed E-state index contributed by atoms with van der Waals surface area (Å²) in [6.45, 7) is 1.59. The molecule has 1 heterocycles. The largest absolute Gasteiger partial charge is 0.358 e. The summed E-state index contributed by atoms with van der Waals surface area (Å²) in [6, 6.07) is 3.92. The van der Waals surface area contributed by atoms with E-state index in [1.54, 1.807) is 6.92 Å². The zero-order valence-electron chi connectivity index (χ0n) is 11.0. The van der Waals surface area contributed by atoms with Crippen LogP contribution in [0.5, 0.6) is 0 Å². The van der Waals surface area contributed by atoms with E-state index >= 15 is 0 Å². The number of aromatic amines is 1. The number of carbonyl (C=O) groups excluding carboxylic acids is 1. The first-order valence-electron chi connectivity index (χ1n) is 5.76. The van der Waals surface area contributed by atoms with E-state index < -0.39 is 21.6 Å². The van der Waals surface area contributed by atoms with E-state index in [1.807, 2.05) is 0 Å². The fraction of sp³-hybridized carbons (Fsp3) is 0.0909. The van der Waals surface area contributed by atoms with E-state index in [9.17, 15) is 25.0 Å². The zero-order valence-corrected chi connectivity index (χ0v) is 12.6.